The van der Waals surface area contributed by atoms with Gasteiger partial charge >= 0.3 is 0 Å². The van der Waals surface area contributed by atoms with Crippen LogP contribution in [0.1, 0.15) is 31.4 Å². The van der Waals surface area contributed by atoms with Gasteiger partial charge in [-0.25, -0.2) is 0 Å². The zero-order chi connectivity index (χ0) is 17.3. The third kappa shape index (κ3) is 3.06. The van der Waals surface area contributed by atoms with Gasteiger partial charge in [0.25, 0.3) is 5.56 Å². The van der Waals surface area contributed by atoms with E-state index in [9.17, 15) is 10.1 Å². The van der Waals surface area contributed by atoms with Gasteiger partial charge in [-0.15, -0.1) is 16.1 Å². The minimum Gasteiger partial charge on any atom is -0.322 e. The molecule has 3 unspecified atom stereocenters. The minimum absolute atomic E-state index is 0.0809. The number of aromatic amines is 1. The van der Waals surface area contributed by atoms with Crippen LogP contribution in [-0.4, -0.2) is 15.7 Å². The molecule has 1 aliphatic heterocycles. The predicted molar refractivity (Wildman–Crippen MR) is 97.4 cm³/mol. The van der Waals surface area contributed by atoms with Gasteiger partial charge in [-0.1, -0.05) is 19.1 Å². The van der Waals surface area contributed by atoms with Gasteiger partial charge in [0, 0.05) is 23.0 Å². The summed E-state index contributed by atoms with van der Waals surface area (Å²) in [6.45, 7) is 3.82. The average Bonchev–Trinajstić information content (AvgIpc) is 2.98. The first-order chi connectivity index (χ1) is 11.5. The lowest BCUT2D eigenvalue weighted by Gasteiger charge is -2.25. The van der Waals surface area contributed by atoms with E-state index in [1.165, 1.54) is 11.9 Å². The Bertz CT molecular complexity index is 904. The second-order valence-electron chi connectivity index (χ2n) is 6.15. The highest BCUT2D eigenvalue weighted by molar-refractivity contribution is 7.99. The molecule has 0 radical (unpaired) electrons. The van der Waals surface area contributed by atoms with Crippen molar-refractivity contribution in [2.24, 2.45) is 9.63 Å². The van der Waals surface area contributed by atoms with Crippen molar-refractivity contribution in [2.75, 3.05) is 0 Å². The van der Waals surface area contributed by atoms with E-state index in [0.717, 1.165) is 22.0 Å². The standard InChI is InChI=1S/C17H17ClN4OS/c1-3-10-6-11-4-5-12(7-13(11)20-16(10)23)17(2,9-19)8-14-15(18)24-22-21-14/h4-7,14-15H,3,8H2,1-2H3,(H,20,23). The van der Waals surface area contributed by atoms with E-state index >= 15 is 0 Å². The number of benzene rings is 1. The molecule has 5 nitrogen and oxygen atoms in total. The van der Waals surface area contributed by atoms with Gasteiger partial charge in [0.05, 0.1) is 11.5 Å². The van der Waals surface area contributed by atoms with Crippen LogP contribution in [0.5, 0.6) is 0 Å². The van der Waals surface area contributed by atoms with E-state index in [2.05, 4.69) is 20.7 Å². The number of fused-ring (bicyclic) bond motifs is 1. The van der Waals surface area contributed by atoms with Gasteiger partial charge in [0.15, 0.2) is 0 Å². The number of nitriles is 1. The Morgan fingerprint density at radius 2 is 2.25 bits per heavy atom. The molecule has 2 heterocycles. The molecule has 0 bridgehead atoms. The predicted octanol–water partition coefficient (Wildman–Crippen LogP) is 4.31. The van der Waals surface area contributed by atoms with Gasteiger partial charge in [-0.05, 0) is 42.8 Å². The van der Waals surface area contributed by atoms with Gasteiger partial charge in [0.1, 0.15) is 10.8 Å². The molecule has 2 aromatic rings. The molecule has 0 spiro atoms. The summed E-state index contributed by atoms with van der Waals surface area (Å²) in [4.78, 5) is 15.0. The van der Waals surface area contributed by atoms with E-state index in [1.807, 2.05) is 38.1 Å². The van der Waals surface area contributed by atoms with Gasteiger partial charge in [0.2, 0.25) is 0 Å². The number of alkyl halides is 1. The second-order valence-corrected chi connectivity index (χ2v) is 7.76. The van der Waals surface area contributed by atoms with E-state index in [4.69, 9.17) is 11.6 Å². The lowest BCUT2D eigenvalue weighted by atomic mass is 9.78. The Morgan fingerprint density at radius 3 is 2.88 bits per heavy atom. The molecule has 0 amide bonds. The number of halogens is 1. The summed E-state index contributed by atoms with van der Waals surface area (Å²) >= 11 is 7.42. The fourth-order valence-corrected chi connectivity index (χ4v) is 3.69. The van der Waals surface area contributed by atoms with E-state index in [-0.39, 0.29) is 16.3 Å². The quantitative estimate of drug-likeness (QED) is 0.651. The topological polar surface area (TPSA) is 81.4 Å². The number of nitrogens with one attached hydrogen (secondary N) is 1. The van der Waals surface area contributed by atoms with Crippen LogP contribution < -0.4 is 5.56 Å². The molecule has 0 aliphatic carbocycles. The summed E-state index contributed by atoms with van der Waals surface area (Å²) in [7, 11) is 0. The first-order valence-electron chi connectivity index (χ1n) is 7.74. The third-order valence-corrected chi connectivity index (χ3v) is 5.68. The third-order valence-electron chi connectivity index (χ3n) is 4.45. The maximum atomic E-state index is 12.0. The highest BCUT2D eigenvalue weighted by Gasteiger charge is 2.36. The van der Waals surface area contributed by atoms with Crippen molar-refractivity contribution in [1.82, 2.24) is 4.98 Å². The summed E-state index contributed by atoms with van der Waals surface area (Å²) < 4.78 is 3.65. The van der Waals surface area contributed by atoms with Gasteiger partial charge in [-0.2, -0.15) is 10.4 Å². The van der Waals surface area contributed by atoms with E-state index in [1.54, 1.807) is 0 Å². The van der Waals surface area contributed by atoms with Crippen molar-refractivity contribution in [3.8, 4) is 6.07 Å². The van der Waals surface area contributed by atoms with Crippen LogP contribution >= 0.6 is 23.5 Å². The normalized spacial score (nSPS) is 22.4. The Labute approximate surface area is 149 Å². The van der Waals surface area contributed by atoms with E-state index in [0.29, 0.717) is 12.8 Å². The van der Waals surface area contributed by atoms with E-state index < -0.39 is 5.41 Å². The minimum atomic E-state index is -0.754. The molecule has 0 fully saturated rings. The number of pyridine rings is 1. The molecule has 7 heteroatoms. The highest BCUT2D eigenvalue weighted by Crippen LogP contribution is 2.38. The molecular formula is C17H17ClN4OS. The van der Waals surface area contributed by atoms with Crippen LogP contribution in [0.4, 0.5) is 0 Å². The van der Waals surface area contributed by atoms with Crippen LogP contribution in [0, 0.1) is 11.3 Å². The van der Waals surface area contributed by atoms with Crippen molar-refractivity contribution >= 4 is 34.5 Å². The molecule has 1 aliphatic rings. The highest BCUT2D eigenvalue weighted by atomic mass is 35.5. The number of H-pyrrole nitrogens is 1. The number of rotatable bonds is 4. The van der Waals surface area contributed by atoms with Crippen molar-refractivity contribution in [3.63, 3.8) is 0 Å². The van der Waals surface area contributed by atoms with Crippen LogP contribution in [0.2, 0.25) is 0 Å². The zero-order valence-corrected chi connectivity index (χ0v) is 15.0. The first-order valence-corrected chi connectivity index (χ1v) is 9.02. The van der Waals surface area contributed by atoms with Crippen LogP contribution in [0.15, 0.2) is 38.7 Å². The molecule has 1 N–H and O–H groups in total. The summed E-state index contributed by atoms with van der Waals surface area (Å²) in [5.74, 6) is 0. The number of aromatic nitrogens is 1. The smallest absolute Gasteiger partial charge is 0.251 e. The molecule has 1 aromatic heterocycles. The SMILES string of the molecule is CCc1cc2ccc(C(C)(C#N)CC3N=NSC3Cl)cc2[nH]c1=O. The average molecular weight is 361 g/mol. The lowest BCUT2D eigenvalue weighted by Crippen LogP contribution is -2.28. The first kappa shape index (κ1) is 17.0. The number of hydrogen-bond donors (Lipinski definition) is 1. The van der Waals surface area contributed by atoms with Crippen molar-refractivity contribution in [2.45, 2.75) is 42.9 Å². The Morgan fingerprint density at radius 1 is 1.46 bits per heavy atom. The van der Waals surface area contributed by atoms with Crippen LogP contribution in [-0.2, 0) is 11.8 Å². The Hall–Kier alpha value is -1.84. The van der Waals surface area contributed by atoms with Crippen LogP contribution in [0.3, 0.4) is 0 Å². The monoisotopic (exact) mass is 360 g/mol. The molecule has 3 atom stereocenters. The molecule has 1 aromatic carbocycles. The maximum absolute atomic E-state index is 12.0. The molecule has 3 rings (SSSR count). The molecule has 0 saturated carbocycles. The van der Waals surface area contributed by atoms with Crippen molar-refractivity contribution in [3.05, 3.63) is 45.7 Å². The second kappa shape index (κ2) is 6.58. The van der Waals surface area contributed by atoms with Gasteiger partial charge in [-0.3, -0.25) is 4.79 Å². The number of hydrogen-bond acceptors (Lipinski definition) is 5. The van der Waals surface area contributed by atoms with Crippen molar-refractivity contribution < 1.29 is 0 Å². The molecule has 124 valence electrons. The molecular weight excluding hydrogens is 344 g/mol. The summed E-state index contributed by atoms with van der Waals surface area (Å²) in [5, 5.41) is 14.8. The zero-order valence-electron chi connectivity index (χ0n) is 13.4. The summed E-state index contributed by atoms with van der Waals surface area (Å²) in [6.07, 6.45) is 1.17. The summed E-state index contributed by atoms with van der Waals surface area (Å²) in [5.41, 5.74) is 1.50. The van der Waals surface area contributed by atoms with Crippen molar-refractivity contribution in [1.29, 1.82) is 5.26 Å². The molecule has 0 saturated heterocycles. The Balaban J connectivity index is 2.01. The van der Waals surface area contributed by atoms with Crippen LogP contribution in [0.25, 0.3) is 10.9 Å². The summed E-state index contributed by atoms with van der Waals surface area (Å²) in [6, 6.07) is 9.84. The maximum Gasteiger partial charge on any atom is 0.251 e. The lowest BCUT2D eigenvalue weighted by molar-refractivity contribution is 0.490. The Kier molecular flexibility index (Phi) is 4.66. The van der Waals surface area contributed by atoms with Gasteiger partial charge < -0.3 is 4.98 Å². The largest absolute Gasteiger partial charge is 0.322 e. The molecule has 24 heavy (non-hydrogen) atoms. The fourth-order valence-electron chi connectivity index (χ4n) is 2.89. The number of aryl methyl sites for hydroxylation is 1. The number of nitrogens with zero attached hydrogens (tertiary/aromatic N) is 3. The fraction of sp³-hybridized carbons (Fsp3) is 0.412.